The van der Waals surface area contributed by atoms with Gasteiger partial charge in [0, 0.05) is 11.7 Å². The number of benzene rings is 2. The second-order valence-corrected chi connectivity index (χ2v) is 6.58. The summed E-state index contributed by atoms with van der Waals surface area (Å²) in [6.45, 7) is 9.36. The molecule has 0 aromatic heterocycles. The normalized spacial score (nSPS) is 20.9. The van der Waals surface area contributed by atoms with Crippen molar-refractivity contribution in [1.82, 2.24) is 0 Å². The Bertz CT molecular complexity index is 581. The molecule has 1 heteroatoms. The second-order valence-electron chi connectivity index (χ2n) is 6.58. The zero-order chi connectivity index (χ0) is 13.0. The second kappa shape index (κ2) is 3.50. The average Bonchev–Trinajstić information content (AvgIpc) is 2.72. The van der Waals surface area contributed by atoms with Gasteiger partial charge in [-0.1, -0.05) is 58.0 Å². The van der Waals surface area contributed by atoms with Crippen LogP contribution in [-0.2, 0) is 0 Å². The van der Waals surface area contributed by atoms with Crippen LogP contribution in [0, 0.1) is 10.8 Å². The minimum absolute atomic E-state index is 0.374. The Morgan fingerprint density at radius 3 is 2.06 bits per heavy atom. The number of hydrogen-bond acceptors (Lipinski definition) is 1. The molecule has 0 saturated heterocycles. The van der Waals surface area contributed by atoms with Crippen molar-refractivity contribution in [1.29, 1.82) is 0 Å². The van der Waals surface area contributed by atoms with Crippen molar-refractivity contribution in [3.05, 3.63) is 42.5 Å². The maximum Gasteiger partial charge on any atom is 0.0375 e. The van der Waals surface area contributed by atoms with Crippen molar-refractivity contribution in [3.63, 3.8) is 0 Å². The summed E-state index contributed by atoms with van der Waals surface area (Å²) in [6, 6.07) is 15.7. The molecular weight excluding hydrogens is 218 g/mol. The van der Waals surface area contributed by atoms with Gasteiger partial charge in [0.25, 0.3) is 0 Å². The van der Waals surface area contributed by atoms with Crippen LogP contribution < -0.4 is 5.32 Å². The molecule has 0 bridgehead atoms. The lowest BCUT2D eigenvalue weighted by atomic mass is 10.0. The van der Waals surface area contributed by atoms with E-state index in [1.165, 1.54) is 16.5 Å². The Labute approximate surface area is 109 Å². The minimum atomic E-state index is 0.374. The topological polar surface area (TPSA) is 12.0 Å². The quantitative estimate of drug-likeness (QED) is 0.802. The van der Waals surface area contributed by atoms with Crippen LogP contribution in [0.1, 0.15) is 27.7 Å². The summed E-state index contributed by atoms with van der Waals surface area (Å²) in [5.74, 6) is 0. The van der Waals surface area contributed by atoms with E-state index in [1.807, 2.05) is 0 Å². The molecule has 94 valence electrons. The van der Waals surface area contributed by atoms with Crippen LogP contribution in [0.25, 0.3) is 10.8 Å². The Kier molecular flexibility index (Phi) is 2.25. The monoisotopic (exact) mass is 239 g/mol. The molecule has 2 aromatic rings. The molecule has 0 spiro atoms. The number of fused-ring (bicyclic) bond motifs is 1. The third kappa shape index (κ3) is 1.53. The van der Waals surface area contributed by atoms with E-state index < -0.39 is 0 Å². The summed E-state index contributed by atoms with van der Waals surface area (Å²) in [4.78, 5) is 0. The van der Waals surface area contributed by atoms with Crippen LogP contribution in [0.15, 0.2) is 42.5 Å². The first-order valence-corrected chi connectivity index (χ1v) is 6.68. The van der Waals surface area contributed by atoms with E-state index in [4.69, 9.17) is 0 Å². The van der Waals surface area contributed by atoms with Crippen LogP contribution in [-0.4, -0.2) is 6.04 Å². The molecule has 3 rings (SSSR count). The molecule has 1 aliphatic carbocycles. The van der Waals surface area contributed by atoms with Gasteiger partial charge in [0.1, 0.15) is 0 Å². The Morgan fingerprint density at radius 2 is 1.44 bits per heavy atom. The molecule has 1 aliphatic rings. The van der Waals surface area contributed by atoms with Crippen LogP contribution in [0.4, 0.5) is 5.69 Å². The molecule has 2 aromatic carbocycles. The standard InChI is InChI=1S/C17H21N/c1-16(2)15(17(16,3)4)18-14-10-9-12-7-5-6-8-13(12)11-14/h5-11,15,18H,1-4H3. The highest BCUT2D eigenvalue weighted by Crippen LogP contribution is 2.63. The Morgan fingerprint density at radius 1 is 0.833 bits per heavy atom. The number of rotatable bonds is 2. The first-order chi connectivity index (χ1) is 8.43. The van der Waals surface area contributed by atoms with E-state index in [2.05, 4.69) is 75.5 Å². The summed E-state index contributed by atoms with van der Waals surface area (Å²) in [5, 5.41) is 6.30. The van der Waals surface area contributed by atoms with Crippen molar-refractivity contribution in [2.24, 2.45) is 10.8 Å². The highest BCUT2D eigenvalue weighted by molar-refractivity contribution is 5.85. The Balaban J connectivity index is 1.89. The van der Waals surface area contributed by atoms with Crippen LogP contribution in [0.3, 0.4) is 0 Å². The van der Waals surface area contributed by atoms with Gasteiger partial charge in [0.05, 0.1) is 0 Å². The molecular formula is C17H21N. The lowest BCUT2D eigenvalue weighted by molar-refractivity contribution is 0.457. The molecule has 0 radical (unpaired) electrons. The van der Waals surface area contributed by atoms with Gasteiger partial charge in [-0.15, -0.1) is 0 Å². The summed E-state index contributed by atoms with van der Waals surface area (Å²) in [5.41, 5.74) is 1.98. The SMILES string of the molecule is CC1(C)C(Nc2ccc3ccccc3c2)C1(C)C. The summed E-state index contributed by atoms with van der Waals surface area (Å²) < 4.78 is 0. The third-order valence-corrected chi connectivity index (χ3v) is 5.08. The molecule has 1 N–H and O–H groups in total. The highest BCUT2D eigenvalue weighted by Gasteiger charge is 2.64. The predicted molar refractivity (Wildman–Crippen MR) is 78.9 cm³/mol. The molecule has 18 heavy (non-hydrogen) atoms. The molecule has 0 heterocycles. The first kappa shape index (κ1) is 11.6. The predicted octanol–water partition coefficient (Wildman–Crippen LogP) is 4.69. The van der Waals surface area contributed by atoms with E-state index >= 15 is 0 Å². The fourth-order valence-corrected chi connectivity index (χ4v) is 3.00. The number of nitrogens with one attached hydrogen (secondary N) is 1. The average molecular weight is 239 g/mol. The molecule has 1 saturated carbocycles. The van der Waals surface area contributed by atoms with Gasteiger partial charge in [-0.3, -0.25) is 0 Å². The van der Waals surface area contributed by atoms with E-state index in [9.17, 15) is 0 Å². The first-order valence-electron chi connectivity index (χ1n) is 6.68. The van der Waals surface area contributed by atoms with Gasteiger partial charge in [0.2, 0.25) is 0 Å². The van der Waals surface area contributed by atoms with Gasteiger partial charge in [-0.2, -0.15) is 0 Å². The maximum atomic E-state index is 3.69. The van der Waals surface area contributed by atoms with E-state index in [-0.39, 0.29) is 0 Å². The van der Waals surface area contributed by atoms with Gasteiger partial charge in [0.15, 0.2) is 0 Å². The zero-order valence-corrected chi connectivity index (χ0v) is 11.6. The maximum absolute atomic E-state index is 3.69. The van der Waals surface area contributed by atoms with Crippen molar-refractivity contribution in [2.45, 2.75) is 33.7 Å². The van der Waals surface area contributed by atoms with Crippen LogP contribution in [0.5, 0.6) is 0 Å². The third-order valence-electron chi connectivity index (χ3n) is 5.08. The smallest absolute Gasteiger partial charge is 0.0375 e. The van der Waals surface area contributed by atoms with E-state index in [0.717, 1.165) is 0 Å². The lowest BCUT2D eigenvalue weighted by Gasteiger charge is -2.09. The van der Waals surface area contributed by atoms with Gasteiger partial charge >= 0.3 is 0 Å². The fraction of sp³-hybridized carbons (Fsp3) is 0.412. The van der Waals surface area contributed by atoms with E-state index in [1.54, 1.807) is 0 Å². The zero-order valence-electron chi connectivity index (χ0n) is 11.6. The Hall–Kier alpha value is -1.50. The van der Waals surface area contributed by atoms with Crippen LogP contribution in [0.2, 0.25) is 0 Å². The highest BCUT2D eigenvalue weighted by atomic mass is 15.0. The van der Waals surface area contributed by atoms with Crippen molar-refractivity contribution >= 4 is 16.5 Å². The minimum Gasteiger partial charge on any atom is -0.381 e. The lowest BCUT2D eigenvalue weighted by Crippen LogP contribution is -2.09. The molecule has 1 nitrogen and oxygen atoms in total. The molecule has 1 fully saturated rings. The number of hydrogen-bond donors (Lipinski definition) is 1. The van der Waals surface area contributed by atoms with Crippen molar-refractivity contribution in [2.75, 3.05) is 5.32 Å². The van der Waals surface area contributed by atoms with Crippen molar-refractivity contribution in [3.8, 4) is 0 Å². The van der Waals surface area contributed by atoms with Gasteiger partial charge in [-0.25, -0.2) is 0 Å². The van der Waals surface area contributed by atoms with Gasteiger partial charge < -0.3 is 5.32 Å². The molecule has 0 atom stereocenters. The van der Waals surface area contributed by atoms with Gasteiger partial charge in [-0.05, 0) is 33.7 Å². The largest absolute Gasteiger partial charge is 0.381 e. The summed E-state index contributed by atoms with van der Waals surface area (Å²) in [7, 11) is 0. The summed E-state index contributed by atoms with van der Waals surface area (Å²) in [6.07, 6.45) is 0. The van der Waals surface area contributed by atoms with E-state index in [0.29, 0.717) is 16.9 Å². The van der Waals surface area contributed by atoms with Crippen molar-refractivity contribution < 1.29 is 0 Å². The molecule has 0 aliphatic heterocycles. The molecule has 0 unspecified atom stereocenters. The summed E-state index contributed by atoms with van der Waals surface area (Å²) >= 11 is 0. The molecule has 0 amide bonds. The fourth-order valence-electron chi connectivity index (χ4n) is 3.00. The number of anilines is 1. The van der Waals surface area contributed by atoms with Crippen LogP contribution >= 0.6 is 0 Å².